The maximum Gasteiger partial charge on any atom is 0.253 e. The number of carbonyl (C=O) groups is 1. The Balaban J connectivity index is 1.41. The molecule has 0 bridgehead atoms. The maximum atomic E-state index is 12.7. The molecular weight excluding hydrogens is 314 g/mol. The van der Waals surface area contributed by atoms with Gasteiger partial charge >= 0.3 is 0 Å². The summed E-state index contributed by atoms with van der Waals surface area (Å²) in [5, 5.41) is 19.6. The molecule has 2 aromatic carbocycles. The molecule has 25 heavy (non-hydrogen) atoms. The highest BCUT2D eigenvalue weighted by atomic mass is 16.3. The third kappa shape index (κ3) is 3.27. The van der Waals surface area contributed by atoms with Crippen molar-refractivity contribution >= 4 is 5.91 Å². The highest BCUT2D eigenvalue weighted by Gasteiger charge is 2.48. The first-order valence-electron chi connectivity index (χ1n) is 8.96. The number of aromatic hydroxyl groups is 1. The predicted molar refractivity (Wildman–Crippen MR) is 96.4 cm³/mol. The zero-order chi connectivity index (χ0) is 17.4. The van der Waals surface area contributed by atoms with Crippen molar-refractivity contribution in [2.24, 2.45) is 5.92 Å². The van der Waals surface area contributed by atoms with E-state index in [0.717, 1.165) is 49.9 Å². The molecule has 1 saturated heterocycles. The second-order valence-corrected chi connectivity index (χ2v) is 7.29. The monoisotopic (exact) mass is 337 g/mol. The Labute approximate surface area is 147 Å². The molecule has 0 aromatic heterocycles. The fourth-order valence-electron chi connectivity index (χ4n) is 3.80. The van der Waals surface area contributed by atoms with Crippen LogP contribution in [-0.2, 0) is 0 Å². The Hall–Kier alpha value is -2.33. The quantitative estimate of drug-likeness (QED) is 0.902. The number of phenolic OH excluding ortho intramolecular Hbond substituents is 1. The molecule has 4 nitrogen and oxygen atoms in total. The molecule has 1 aliphatic carbocycles. The van der Waals surface area contributed by atoms with E-state index in [0.29, 0.717) is 11.5 Å². The summed E-state index contributed by atoms with van der Waals surface area (Å²) in [7, 11) is 0. The number of benzene rings is 2. The standard InChI is InChI=1S/C21H23NO3/c23-19-7-5-16(6-8-19)15-1-3-17(4-2-15)20(24)22-13-9-18(10-14-22)21(25)11-12-21/h1-8,18,23,25H,9-14H2. The third-order valence-electron chi connectivity index (χ3n) is 5.64. The van der Waals surface area contributed by atoms with Gasteiger partial charge in [0.2, 0.25) is 0 Å². The second-order valence-electron chi connectivity index (χ2n) is 7.29. The van der Waals surface area contributed by atoms with Crippen molar-refractivity contribution in [3.8, 4) is 16.9 Å². The second kappa shape index (κ2) is 6.19. The molecule has 0 radical (unpaired) electrons. The summed E-state index contributed by atoms with van der Waals surface area (Å²) in [6.07, 6.45) is 3.64. The van der Waals surface area contributed by atoms with Crippen molar-refractivity contribution in [1.82, 2.24) is 4.90 Å². The molecule has 0 atom stereocenters. The smallest absolute Gasteiger partial charge is 0.253 e. The molecule has 130 valence electrons. The molecule has 0 unspecified atom stereocenters. The van der Waals surface area contributed by atoms with Gasteiger partial charge in [0.25, 0.3) is 5.91 Å². The lowest BCUT2D eigenvalue weighted by molar-refractivity contribution is 0.0340. The van der Waals surface area contributed by atoms with Crippen molar-refractivity contribution in [2.75, 3.05) is 13.1 Å². The number of aliphatic hydroxyl groups is 1. The average molecular weight is 337 g/mol. The summed E-state index contributed by atoms with van der Waals surface area (Å²) in [5.41, 5.74) is 2.30. The van der Waals surface area contributed by atoms with Gasteiger partial charge in [-0.15, -0.1) is 0 Å². The van der Waals surface area contributed by atoms with E-state index in [1.165, 1.54) is 0 Å². The summed E-state index contributed by atoms with van der Waals surface area (Å²) >= 11 is 0. The number of nitrogens with zero attached hydrogens (tertiary/aromatic N) is 1. The van der Waals surface area contributed by atoms with Gasteiger partial charge in [-0.3, -0.25) is 4.79 Å². The van der Waals surface area contributed by atoms with E-state index in [4.69, 9.17) is 0 Å². The van der Waals surface area contributed by atoms with Gasteiger partial charge < -0.3 is 15.1 Å². The molecule has 4 heteroatoms. The molecule has 4 rings (SSSR count). The Morgan fingerprint density at radius 2 is 1.44 bits per heavy atom. The lowest BCUT2D eigenvalue weighted by atomic mass is 9.89. The average Bonchev–Trinajstić information content (AvgIpc) is 3.41. The minimum atomic E-state index is -0.430. The van der Waals surface area contributed by atoms with Gasteiger partial charge in [-0.05, 0) is 67.0 Å². The number of hydrogen-bond acceptors (Lipinski definition) is 3. The van der Waals surface area contributed by atoms with Crippen LogP contribution in [0.3, 0.4) is 0 Å². The highest BCUT2D eigenvalue weighted by Crippen LogP contribution is 2.46. The highest BCUT2D eigenvalue weighted by molar-refractivity contribution is 5.94. The zero-order valence-electron chi connectivity index (χ0n) is 14.2. The predicted octanol–water partition coefficient (Wildman–Crippen LogP) is 3.44. The Morgan fingerprint density at radius 3 is 1.96 bits per heavy atom. The van der Waals surface area contributed by atoms with Crippen molar-refractivity contribution in [3.63, 3.8) is 0 Å². The first-order valence-corrected chi connectivity index (χ1v) is 8.96. The number of piperidine rings is 1. The van der Waals surface area contributed by atoms with Crippen LogP contribution in [0.15, 0.2) is 48.5 Å². The molecule has 1 saturated carbocycles. The summed E-state index contributed by atoms with van der Waals surface area (Å²) in [4.78, 5) is 14.6. The summed E-state index contributed by atoms with van der Waals surface area (Å²) in [5.74, 6) is 0.668. The molecule has 1 aliphatic heterocycles. The lowest BCUT2D eigenvalue weighted by Gasteiger charge is -2.34. The van der Waals surface area contributed by atoms with Gasteiger partial charge in [0.15, 0.2) is 0 Å². The third-order valence-corrected chi connectivity index (χ3v) is 5.64. The van der Waals surface area contributed by atoms with E-state index >= 15 is 0 Å². The number of phenols is 1. The van der Waals surface area contributed by atoms with E-state index < -0.39 is 5.60 Å². The molecular formula is C21H23NO3. The van der Waals surface area contributed by atoms with Crippen molar-refractivity contribution in [2.45, 2.75) is 31.3 Å². The summed E-state index contributed by atoms with van der Waals surface area (Å²) < 4.78 is 0. The van der Waals surface area contributed by atoms with Crippen LogP contribution < -0.4 is 0 Å². The van der Waals surface area contributed by atoms with Crippen LogP contribution >= 0.6 is 0 Å². The molecule has 2 aromatic rings. The van der Waals surface area contributed by atoms with Crippen LogP contribution in [-0.4, -0.2) is 39.7 Å². The molecule has 1 amide bonds. The van der Waals surface area contributed by atoms with Crippen LogP contribution in [0, 0.1) is 5.92 Å². The number of amides is 1. The minimum Gasteiger partial charge on any atom is -0.508 e. The van der Waals surface area contributed by atoms with E-state index in [2.05, 4.69) is 0 Å². The van der Waals surface area contributed by atoms with Gasteiger partial charge in [0.05, 0.1) is 5.60 Å². The van der Waals surface area contributed by atoms with Crippen molar-refractivity contribution in [3.05, 3.63) is 54.1 Å². The van der Waals surface area contributed by atoms with Crippen LogP contribution in [0.1, 0.15) is 36.0 Å². The number of carbonyl (C=O) groups excluding carboxylic acids is 1. The van der Waals surface area contributed by atoms with Crippen LogP contribution in [0.2, 0.25) is 0 Å². The van der Waals surface area contributed by atoms with Crippen LogP contribution in [0.25, 0.3) is 11.1 Å². The Morgan fingerprint density at radius 1 is 0.920 bits per heavy atom. The molecule has 2 aliphatic rings. The van der Waals surface area contributed by atoms with E-state index in [9.17, 15) is 15.0 Å². The van der Waals surface area contributed by atoms with E-state index in [1.54, 1.807) is 12.1 Å². The number of hydrogen-bond donors (Lipinski definition) is 2. The Kier molecular flexibility index (Phi) is 4.00. The van der Waals surface area contributed by atoms with Gasteiger partial charge in [0, 0.05) is 18.7 Å². The van der Waals surface area contributed by atoms with Crippen LogP contribution in [0.4, 0.5) is 0 Å². The summed E-state index contributed by atoms with van der Waals surface area (Å²) in [6.45, 7) is 1.46. The zero-order valence-corrected chi connectivity index (χ0v) is 14.2. The van der Waals surface area contributed by atoms with Gasteiger partial charge in [-0.1, -0.05) is 24.3 Å². The topological polar surface area (TPSA) is 60.8 Å². The number of rotatable bonds is 3. The van der Waals surface area contributed by atoms with Gasteiger partial charge in [-0.25, -0.2) is 0 Å². The molecule has 0 spiro atoms. The van der Waals surface area contributed by atoms with E-state index in [1.807, 2.05) is 41.3 Å². The fourth-order valence-corrected chi connectivity index (χ4v) is 3.80. The van der Waals surface area contributed by atoms with Crippen molar-refractivity contribution in [1.29, 1.82) is 0 Å². The normalized spacial score (nSPS) is 19.6. The molecule has 2 fully saturated rings. The lowest BCUT2D eigenvalue weighted by Crippen LogP contribution is -2.41. The maximum absolute atomic E-state index is 12.7. The fraction of sp³-hybridized carbons (Fsp3) is 0.381. The van der Waals surface area contributed by atoms with Gasteiger partial charge in [-0.2, -0.15) is 0 Å². The van der Waals surface area contributed by atoms with Crippen LogP contribution in [0.5, 0.6) is 5.75 Å². The minimum absolute atomic E-state index is 0.0680. The number of likely N-dealkylation sites (tertiary alicyclic amines) is 1. The molecule has 1 heterocycles. The first kappa shape index (κ1) is 16.2. The van der Waals surface area contributed by atoms with E-state index in [-0.39, 0.29) is 11.7 Å². The largest absolute Gasteiger partial charge is 0.508 e. The summed E-state index contributed by atoms with van der Waals surface area (Å²) in [6, 6.07) is 14.7. The van der Waals surface area contributed by atoms with Crippen molar-refractivity contribution < 1.29 is 15.0 Å². The first-order chi connectivity index (χ1) is 12.0. The SMILES string of the molecule is O=C(c1ccc(-c2ccc(O)cc2)cc1)N1CCC(C2(O)CC2)CC1. The molecule has 2 N–H and O–H groups in total. The Bertz CT molecular complexity index is 755. The van der Waals surface area contributed by atoms with Gasteiger partial charge in [0.1, 0.15) is 5.75 Å².